The molecule has 1 aromatic heterocycles. The summed E-state index contributed by atoms with van der Waals surface area (Å²) in [6.45, 7) is 9.19. The maximum atomic E-state index is 13.7. The number of amides is 1. The zero-order valence-corrected chi connectivity index (χ0v) is 25.0. The van der Waals surface area contributed by atoms with Crippen LogP contribution in [0.5, 0.6) is 0 Å². The van der Waals surface area contributed by atoms with Crippen LogP contribution in [-0.4, -0.2) is 83.0 Å². The topological polar surface area (TPSA) is 108 Å². The number of carbonyl (C=O) groups is 1. The van der Waals surface area contributed by atoms with Crippen molar-refractivity contribution in [3.05, 3.63) is 48.0 Å². The molecule has 0 saturated carbocycles. The third-order valence-electron chi connectivity index (χ3n) is 6.42. The molecule has 0 bridgehead atoms. The lowest BCUT2D eigenvalue weighted by Crippen LogP contribution is -2.38. The monoisotopic (exact) mass is 580 g/mol. The average molecular weight is 581 g/mol. The van der Waals surface area contributed by atoms with E-state index in [9.17, 15) is 21.6 Å². The van der Waals surface area contributed by atoms with Gasteiger partial charge < -0.3 is 4.90 Å². The Hall–Kier alpha value is -2.38. The van der Waals surface area contributed by atoms with Crippen LogP contribution in [0.4, 0.5) is 5.13 Å². The number of hydrogen-bond acceptors (Lipinski definition) is 8. The lowest BCUT2D eigenvalue weighted by atomic mass is 10.2. The van der Waals surface area contributed by atoms with Crippen LogP contribution in [0.15, 0.2) is 52.3 Å². The number of anilines is 1. The first-order chi connectivity index (χ1) is 17.9. The minimum atomic E-state index is -3.65. The van der Waals surface area contributed by atoms with Crippen molar-refractivity contribution in [3.8, 4) is 0 Å². The van der Waals surface area contributed by atoms with E-state index in [2.05, 4.69) is 23.7 Å². The van der Waals surface area contributed by atoms with Crippen molar-refractivity contribution in [2.45, 2.75) is 43.4 Å². The van der Waals surface area contributed by atoms with Gasteiger partial charge in [-0.05, 0) is 62.0 Å². The number of carbonyl (C=O) groups excluding carboxylic acids is 1. The normalized spacial score (nSPS) is 12.5. The molecule has 0 aliphatic heterocycles. The van der Waals surface area contributed by atoms with Crippen LogP contribution >= 0.6 is 11.3 Å². The van der Waals surface area contributed by atoms with E-state index in [1.165, 1.54) is 46.0 Å². The minimum absolute atomic E-state index is 0.135. The molecule has 1 amide bonds. The summed E-state index contributed by atoms with van der Waals surface area (Å²) in [4.78, 5) is 22.4. The summed E-state index contributed by atoms with van der Waals surface area (Å²) in [6.07, 6.45) is 2.81. The van der Waals surface area contributed by atoms with Gasteiger partial charge in [0.25, 0.3) is 5.91 Å². The van der Waals surface area contributed by atoms with Crippen molar-refractivity contribution < 1.29 is 21.6 Å². The first-order valence-corrected chi connectivity index (χ1v) is 16.8. The van der Waals surface area contributed by atoms with Crippen LogP contribution in [0.25, 0.3) is 10.2 Å². The fourth-order valence-corrected chi connectivity index (χ4v) is 6.87. The van der Waals surface area contributed by atoms with E-state index in [-0.39, 0.29) is 15.7 Å². The van der Waals surface area contributed by atoms with E-state index in [0.717, 1.165) is 32.2 Å². The number of thiazole rings is 1. The molecule has 1 heterocycles. The number of unbranched alkanes of at least 4 members (excludes halogenated alkanes) is 1. The standard InChI is InChI=1S/C26H36N4O5S3/c1-6-9-16-28(4)38(34,35)21-12-10-20(11-13-21)25(31)30(18-17-29(7-2)8-3)26-27-23-15-14-22(37(5,32)33)19-24(23)36-26/h10-15,19H,6-9,16-18H2,1-5H3. The molecule has 12 heteroatoms. The van der Waals surface area contributed by atoms with Crippen molar-refractivity contribution in [3.63, 3.8) is 0 Å². The van der Waals surface area contributed by atoms with E-state index >= 15 is 0 Å². The molecule has 0 spiro atoms. The number of nitrogens with zero attached hydrogens (tertiary/aromatic N) is 4. The van der Waals surface area contributed by atoms with Gasteiger partial charge in [-0.1, -0.05) is 38.5 Å². The first kappa shape index (κ1) is 30.2. The third-order valence-corrected chi connectivity index (χ3v) is 10.4. The van der Waals surface area contributed by atoms with Crippen LogP contribution < -0.4 is 4.90 Å². The summed E-state index contributed by atoms with van der Waals surface area (Å²) >= 11 is 1.25. The van der Waals surface area contributed by atoms with Gasteiger partial charge in [0.05, 0.1) is 20.0 Å². The molecule has 2 aromatic carbocycles. The van der Waals surface area contributed by atoms with E-state index in [4.69, 9.17) is 0 Å². The number of hydrogen-bond donors (Lipinski definition) is 0. The van der Waals surface area contributed by atoms with Crippen LogP contribution in [-0.2, 0) is 19.9 Å². The Morgan fingerprint density at radius 3 is 2.11 bits per heavy atom. The highest BCUT2D eigenvalue weighted by molar-refractivity contribution is 7.90. The van der Waals surface area contributed by atoms with E-state index in [1.54, 1.807) is 24.1 Å². The van der Waals surface area contributed by atoms with Gasteiger partial charge in [-0.25, -0.2) is 26.1 Å². The van der Waals surface area contributed by atoms with E-state index < -0.39 is 19.9 Å². The number of sulfonamides is 1. The molecule has 0 aliphatic rings. The molecule has 0 atom stereocenters. The quantitative estimate of drug-likeness (QED) is 0.299. The maximum absolute atomic E-state index is 13.7. The van der Waals surface area contributed by atoms with Gasteiger partial charge in [-0.3, -0.25) is 9.69 Å². The highest BCUT2D eigenvalue weighted by Gasteiger charge is 2.25. The minimum Gasteiger partial charge on any atom is -0.302 e. The van der Waals surface area contributed by atoms with Crippen LogP contribution in [0.1, 0.15) is 44.0 Å². The highest BCUT2D eigenvalue weighted by Crippen LogP contribution is 2.31. The Morgan fingerprint density at radius 2 is 1.53 bits per heavy atom. The van der Waals surface area contributed by atoms with Gasteiger partial charge in [0.2, 0.25) is 10.0 Å². The predicted molar refractivity (Wildman–Crippen MR) is 153 cm³/mol. The lowest BCUT2D eigenvalue weighted by molar-refractivity contribution is 0.0983. The molecule has 0 N–H and O–H groups in total. The number of likely N-dealkylation sites (N-methyl/N-ethyl adjacent to an activating group) is 1. The summed E-state index contributed by atoms with van der Waals surface area (Å²) < 4.78 is 51.8. The summed E-state index contributed by atoms with van der Waals surface area (Å²) in [5.74, 6) is -0.303. The largest absolute Gasteiger partial charge is 0.302 e. The van der Waals surface area contributed by atoms with Gasteiger partial charge in [0.1, 0.15) is 0 Å². The van der Waals surface area contributed by atoms with Crippen molar-refractivity contribution in [2.75, 3.05) is 50.9 Å². The molecule has 0 aliphatic carbocycles. The molecular formula is C26H36N4O5S3. The summed E-state index contributed by atoms with van der Waals surface area (Å²) in [6, 6.07) is 10.7. The number of aromatic nitrogens is 1. The summed E-state index contributed by atoms with van der Waals surface area (Å²) in [5.41, 5.74) is 0.949. The molecule has 0 unspecified atom stereocenters. The Labute approximate surface area is 230 Å². The zero-order chi connectivity index (χ0) is 28.1. The maximum Gasteiger partial charge on any atom is 0.260 e. The third kappa shape index (κ3) is 6.97. The van der Waals surface area contributed by atoms with E-state index in [1.807, 2.05) is 6.92 Å². The number of benzene rings is 2. The smallest absolute Gasteiger partial charge is 0.260 e. The predicted octanol–water partition coefficient (Wildman–Crippen LogP) is 4.11. The molecule has 9 nitrogen and oxygen atoms in total. The van der Waals surface area contributed by atoms with Crippen molar-refractivity contribution in [2.24, 2.45) is 0 Å². The van der Waals surface area contributed by atoms with Crippen molar-refractivity contribution in [1.82, 2.24) is 14.2 Å². The molecule has 0 radical (unpaired) electrons. The Morgan fingerprint density at radius 1 is 0.895 bits per heavy atom. The van der Waals surface area contributed by atoms with Crippen molar-refractivity contribution in [1.29, 1.82) is 0 Å². The van der Waals surface area contributed by atoms with Crippen molar-refractivity contribution >= 4 is 52.5 Å². The van der Waals surface area contributed by atoms with Gasteiger partial charge in [0, 0.05) is 38.5 Å². The molecule has 0 fully saturated rings. The fourth-order valence-electron chi connectivity index (χ4n) is 3.91. The summed E-state index contributed by atoms with van der Waals surface area (Å²) in [7, 11) is -5.47. The Balaban J connectivity index is 1.95. The van der Waals surface area contributed by atoms with Crippen LogP contribution in [0, 0.1) is 0 Å². The summed E-state index contributed by atoms with van der Waals surface area (Å²) in [5, 5.41) is 0.457. The molecule has 3 rings (SSSR count). The molecule has 38 heavy (non-hydrogen) atoms. The molecule has 3 aromatic rings. The van der Waals surface area contributed by atoms with Crippen LogP contribution in [0.2, 0.25) is 0 Å². The van der Waals surface area contributed by atoms with Gasteiger partial charge in [0.15, 0.2) is 15.0 Å². The number of sulfone groups is 1. The van der Waals surface area contributed by atoms with E-state index in [0.29, 0.717) is 40.5 Å². The molecular weight excluding hydrogens is 545 g/mol. The van der Waals surface area contributed by atoms with Crippen LogP contribution in [0.3, 0.4) is 0 Å². The fraction of sp³-hybridized carbons (Fsp3) is 0.462. The number of fused-ring (bicyclic) bond motifs is 1. The lowest BCUT2D eigenvalue weighted by Gasteiger charge is -2.25. The highest BCUT2D eigenvalue weighted by atomic mass is 32.2. The van der Waals surface area contributed by atoms with Gasteiger partial charge in [-0.2, -0.15) is 0 Å². The SMILES string of the molecule is CCCCN(C)S(=O)(=O)c1ccc(C(=O)N(CCN(CC)CC)c2nc3ccc(S(C)(=O)=O)cc3s2)cc1. The second kappa shape index (κ2) is 12.6. The molecule has 0 saturated heterocycles. The Bertz CT molecular complexity index is 1460. The van der Waals surface area contributed by atoms with Gasteiger partial charge >= 0.3 is 0 Å². The zero-order valence-electron chi connectivity index (χ0n) is 22.5. The number of rotatable bonds is 13. The first-order valence-electron chi connectivity index (χ1n) is 12.6. The second-order valence-electron chi connectivity index (χ2n) is 9.09. The Kier molecular flexibility index (Phi) is 10.0. The van der Waals surface area contributed by atoms with Gasteiger partial charge in [-0.15, -0.1) is 0 Å². The average Bonchev–Trinajstić information content (AvgIpc) is 3.32. The second-order valence-corrected chi connectivity index (χ2v) is 14.2. The molecule has 208 valence electrons.